The molecule has 4 heterocycles. The lowest BCUT2D eigenvalue weighted by Crippen LogP contribution is -2.36. The van der Waals surface area contributed by atoms with Gasteiger partial charge in [-0.05, 0) is 47.4 Å². The average molecular weight is 477 g/mol. The molecule has 0 radical (unpaired) electrons. The number of anilines is 3. The minimum absolute atomic E-state index is 0.254. The highest BCUT2D eigenvalue weighted by atomic mass is 32.1. The number of cyclic esters (lactones) is 1. The Bertz CT molecular complexity index is 1170. The zero-order valence-corrected chi connectivity index (χ0v) is 19.9. The number of aromatic nitrogens is 1. The molecular formula is C26H28N4O3S. The van der Waals surface area contributed by atoms with E-state index in [4.69, 9.17) is 14.5 Å². The minimum atomic E-state index is -0.254. The van der Waals surface area contributed by atoms with Gasteiger partial charge in [-0.2, -0.15) is 0 Å². The number of benzene rings is 2. The van der Waals surface area contributed by atoms with Crippen LogP contribution in [-0.4, -0.2) is 57.1 Å². The molecule has 3 aliphatic heterocycles. The van der Waals surface area contributed by atoms with E-state index in [0.717, 1.165) is 63.1 Å². The largest absolute Gasteiger partial charge is 0.447 e. The van der Waals surface area contributed by atoms with Gasteiger partial charge in [0.15, 0.2) is 5.13 Å². The maximum atomic E-state index is 12.0. The molecule has 0 unspecified atom stereocenters. The molecule has 7 nitrogen and oxygen atoms in total. The molecule has 34 heavy (non-hydrogen) atoms. The standard InChI is InChI=1S/C26H28N4O3S/c31-26-30(11-14-33-26)23-6-3-20-7-8-29(18-21(20)16-23)25-27-17-24(34-25)15-19-1-4-22(5-2-19)28-9-12-32-13-10-28/h1-6,16-17H,7-15,18H2. The number of amides is 1. The average Bonchev–Trinajstić information content (AvgIpc) is 3.53. The SMILES string of the molecule is O=C1OCCN1c1ccc2c(c1)CN(c1ncc(Cc3ccc(N4CCOCC4)cc3)s1)CC2. The Morgan fingerprint density at radius 3 is 2.50 bits per heavy atom. The molecule has 3 aliphatic rings. The van der Waals surface area contributed by atoms with Crippen LogP contribution in [0.25, 0.3) is 0 Å². The molecule has 2 saturated heterocycles. The van der Waals surface area contributed by atoms with Gasteiger partial charge in [0.2, 0.25) is 0 Å². The van der Waals surface area contributed by atoms with Crippen LogP contribution in [0.4, 0.5) is 21.3 Å². The molecule has 1 aromatic heterocycles. The van der Waals surface area contributed by atoms with Crippen molar-refractivity contribution in [2.75, 3.05) is 60.7 Å². The summed E-state index contributed by atoms with van der Waals surface area (Å²) in [5, 5.41) is 1.07. The zero-order valence-electron chi connectivity index (χ0n) is 19.1. The van der Waals surface area contributed by atoms with E-state index in [0.29, 0.717) is 13.2 Å². The second-order valence-electron chi connectivity index (χ2n) is 8.94. The predicted octanol–water partition coefficient (Wildman–Crippen LogP) is 4.09. The first-order valence-electron chi connectivity index (χ1n) is 11.9. The molecule has 176 valence electrons. The summed E-state index contributed by atoms with van der Waals surface area (Å²) in [6.45, 7) is 6.37. The van der Waals surface area contributed by atoms with Crippen molar-refractivity contribution in [3.05, 3.63) is 70.2 Å². The molecule has 0 atom stereocenters. The molecule has 6 rings (SSSR count). The number of thiazole rings is 1. The van der Waals surface area contributed by atoms with Gasteiger partial charge in [-0.3, -0.25) is 4.90 Å². The molecule has 0 aliphatic carbocycles. The number of carbonyl (C=O) groups is 1. The van der Waals surface area contributed by atoms with E-state index < -0.39 is 0 Å². The molecular weight excluding hydrogens is 448 g/mol. The van der Waals surface area contributed by atoms with Crippen molar-refractivity contribution in [1.29, 1.82) is 0 Å². The Balaban J connectivity index is 1.12. The topological polar surface area (TPSA) is 58.1 Å². The van der Waals surface area contributed by atoms with Gasteiger partial charge in [0.05, 0.1) is 19.8 Å². The Morgan fingerprint density at radius 1 is 0.882 bits per heavy atom. The predicted molar refractivity (Wildman–Crippen MR) is 134 cm³/mol. The van der Waals surface area contributed by atoms with Gasteiger partial charge in [0, 0.05) is 55.0 Å². The molecule has 2 fully saturated rings. The molecule has 0 bridgehead atoms. The summed E-state index contributed by atoms with van der Waals surface area (Å²) < 4.78 is 10.6. The van der Waals surface area contributed by atoms with Gasteiger partial charge in [-0.1, -0.05) is 18.2 Å². The number of hydrogen-bond donors (Lipinski definition) is 0. The molecule has 8 heteroatoms. The van der Waals surface area contributed by atoms with Crippen LogP contribution in [0.5, 0.6) is 0 Å². The lowest BCUT2D eigenvalue weighted by molar-refractivity contribution is 0.122. The van der Waals surface area contributed by atoms with Crippen LogP contribution < -0.4 is 14.7 Å². The fraction of sp³-hybridized carbons (Fsp3) is 0.385. The van der Waals surface area contributed by atoms with E-state index in [1.54, 1.807) is 16.2 Å². The van der Waals surface area contributed by atoms with E-state index in [9.17, 15) is 4.79 Å². The number of carbonyl (C=O) groups excluding carboxylic acids is 1. The first-order valence-corrected chi connectivity index (χ1v) is 12.7. The van der Waals surface area contributed by atoms with Gasteiger partial charge >= 0.3 is 6.09 Å². The number of hydrogen-bond acceptors (Lipinski definition) is 7. The number of nitrogens with zero attached hydrogens (tertiary/aromatic N) is 4. The van der Waals surface area contributed by atoms with Gasteiger partial charge in [0.1, 0.15) is 6.61 Å². The summed E-state index contributed by atoms with van der Waals surface area (Å²) in [5.41, 5.74) is 6.11. The highest BCUT2D eigenvalue weighted by Crippen LogP contribution is 2.32. The van der Waals surface area contributed by atoms with Gasteiger partial charge < -0.3 is 19.3 Å². The van der Waals surface area contributed by atoms with E-state index >= 15 is 0 Å². The van der Waals surface area contributed by atoms with Crippen LogP contribution in [0.2, 0.25) is 0 Å². The lowest BCUT2D eigenvalue weighted by atomic mass is 9.99. The van der Waals surface area contributed by atoms with Gasteiger partial charge in [0.25, 0.3) is 0 Å². The number of fused-ring (bicyclic) bond motifs is 1. The zero-order chi connectivity index (χ0) is 22.9. The van der Waals surface area contributed by atoms with Crippen LogP contribution >= 0.6 is 11.3 Å². The second kappa shape index (κ2) is 9.27. The van der Waals surface area contributed by atoms with E-state index in [1.807, 2.05) is 12.3 Å². The fourth-order valence-corrected chi connectivity index (χ4v) is 5.84. The minimum Gasteiger partial charge on any atom is -0.447 e. The van der Waals surface area contributed by atoms with Crippen LogP contribution in [0, 0.1) is 0 Å². The molecule has 1 amide bonds. The van der Waals surface area contributed by atoms with Gasteiger partial charge in [-0.25, -0.2) is 9.78 Å². The summed E-state index contributed by atoms with van der Waals surface area (Å²) in [6.07, 6.45) is 3.64. The van der Waals surface area contributed by atoms with Crippen molar-refractivity contribution in [3.8, 4) is 0 Å². The Morgan fingerprint density at radius 2 is 1.71 bits per heavy atom. The molecule has 0 saturated carbocycles. The Labute approximate surface area is 203 Å². The monoisotopic (exact) mass is 476 g/mol. The lowest BCUT2D eigenvalue weighted by Gasteiger charge is -2.29. The second-order valence-corrected chi connectivity index (χ2v) is 10.0. The van der Waals surface area contributed by atoms with Crippen molar-refractivity contribution in [1.82, 2.24) is 4.98 Å². The van der Waals surface area contributed by atoms with Gasteiger partial charge in [-0.15, -0.1) is 11.3 Å². The van der Waals surface area contributed by atoms with Crippen molar-refractivity contribution in [2.24, 2.45) is 0 Å². The van der Waals surface area contributed by atoms with Crippen molar-refractivity contribution >= 4 is 33.9 Å². The van der Waals surface area contributed by atoms with Crippen LogP contribution in [0.3, 0.4) is 0 Å². The Hall–Kier alpha value is -3.10. The van der Waals surface area contributed by atoms with Crippen molar-refractivity contribution in [3.63, 3.8) is 0 Å². The third-order valence-corrected chi connectivity index (χ3v) is 7.84. The van der Waals surface area contributed by atoms with E-state index in [-0.39, 0.29) is 6.09 Å². The summed E-state index contributed by atoms with van der Waals surface area (Å²) in [7, 11) is 0. The van der Waals surface area contributed by atoms with Crippen molar-refractivity contribution < 1.29 is 14.3 Å². The molecule has 3 aromatic rings. The molecule has 2 aromatic carbocycles. The van der Waals surface area contributed by atoms with Crippen molar-refractivity contribution in [2.45, 2.75) is 19.4 Å². The smallest absolute Gasteiger partial charge is 0.414 e. The van der Waals surface area contributed by atoms with E-state index in [2.05, 4.69) is 46.2 Å². The quantitative estimate of drug-likeness (QED) is 0.553. The Kier molecular flexibility index (Phi) is 5.84. The normalized spacial score (nSPS) is 18.2. The summed E-state index contributed by atoms with van der Waals surface area (Å²) in [5.74, 6) is 0. The first-order chi connectivity index (χ1) is 16.7. The highest BCUT2D eigenvalue weighted by molar-refractivity contribution is 7.15. The number of morpholine rings is 1. The molecule has 0 N–H and O–H groups in total. The van der Waals surface area contributed by atoms with Crippen LogP contribution in [-0.2, 0) is 28.9 Å². The summed E-state index contributed by atoms with van der Waals surface area (Å²) in [4.78, 5) is 24.4. The molecule has 0 spiro atoms. The van der Waals surface area contributed by atoms with Crippen LogP contribution in [0.1, 0.15) is 21.6 Å². The third-order valence-electron chi connectivity index (χ3n) is 6.78. The third kappa shape index (κ3) is 4.35. The highest BCUT2D eigenvalue weighted by Gasteiger charge is 2.26. The number of ether oxygens (including phenoxy) is 2. The maximum Gasteiger partial charge on any atom is 0.414 e. The summed E-state index contributed by atoms with van der Waals surface area (Å²) in [6, 6.07) is 15.2. The maximum absolute atomic E-state index is 12.0. The fourth-order valence-electron chi connectivity index (χ4n) is 4.88. The first kappa shape index (κ1) is 21.4. The number of rotatable bonds is 5. The van der Waals surface area contributed by atoms with Crippen LogP contribution in [0.15, 0.2) is 48.7 Å². The summed E-state index contributed by atoms with van der Waals surface area (Å²) >= 11 is 1.77. The van der Waals surface area contributed by atoms with E-state index in [1.165, 1.54) is 27.3 Å².